The lowest BCUT2D eigenvalue weighted by Gasteiger charge is -2.61. The van der Waals surface area contributed by atoms with Gasteiger partial charge < -0.3 is 5.32 Å². The smallest absolute Gasteiger partial charge is 0.257 e. The standard InChI is InChI=1S/C23H23F3N2OS/c1-3-18-22(13-23(25,26)14-22)21(2,16-11-7-8-12-17(16)24)28-20(30-18)27-19(29)15-9-5-4-6-10-15/h4-12,18H,3,13-14H2,1-2H3,(H,27,28,29)/t18-,21-/m1/s1. The first-order valence-corrected chi connectivity index (χ1v) is 10.8. The van der Waals surface area contributed by atoms with Crippen molar-refractivity contribution >= 4 is 22.8 Å². The number of amides is 1. The van der Waals surface area contributed by atoms with Crippen molar-refractivity contribution in [2.24, 2.45) is 10.4 Å². The van der Waals surface area contributed by atoms with Crippen LogP contribution in [0.15, 0.2) is 59.6 Å². The summed E-state index contributed by atoms with van der Waals surface area (Å²) in [5.41, 5.74) is -1.35. The third-order valence-corrected chi connectivity index (χ3v) is 7.82. The van der Waals surface area contributed by atoms with Gasteiger partial charge in [-0.25, -0.2) is 13.2 Å². The van der Waals surface area contributed by atoms with Crippen LogP contribution in [0.4, 0.5) is 13.2 Å². The molecule has 7 heteroatoms. The van der Waals surface area contributed by atoms with Crippen molar-refractivity contribution < 1.29 is 18.0 Å². The molecule has 1 saturated carbocycles. The summed E-state index contributed by atoms with van der Waals surface area (Å²) in [6.07, 6.45) is -0.0927. The Morgan fingerprint density at radius 3 is 2.37 bits per heavy atom. The second-order valence-corrected chi connectivity index (χ2v) is 9.36. The van der Waals surface area contributed by atoms with Crippen LogP contribution in [0.25, 0.3) is 0 Å². The van der Waals surface area contributed by atoms with Gasteiger partial charge in [0.25, 0.3) is 5.91 Å². The van der Waals surface area contributed by atoms with Gasteiger partial charge in [0.1, 0.15) is 5.82 Å². The summed E-state index contributed by atoms with van der Waals surface area (Å²) in [6.45, 7) is 3.65. The summed E-state index contributed by atoms with van der Waals surface area (Å²) < 4.78 is 43.1. The number of hydrogen-bond donors (Lipinski definition) is 1. The first-order valence-electron chi connectivity index (χ1n) is 9.96. The van der Waals surface area contributed by atoms with E-state index in [2.05, 4.69) is 5.32 Å². The maximum absolute atomic E-state index is 14.9. The maximum atomic E-state index is 14.9. The minimum absolute atomic E-state index is 0.231. The molecule has 1 amide bonds. The average molecular weight is 433 g/mol. The van der Waals surface area contributed by atoms with Crippen LogP contribution < -0.4 is 5.32 Å². The number of hydrogen-bond acceptors (Lipinski definition) is 3. The first-order chi connectivity index (χ1) is 14.2. The number of carbonyl (C=O) groups is 1. The monoisotopic (exact) mass is 432 g/mol. The van der Waals surface area contributed by atoms with Crippen molar-refractivity contribution in [1.29, 1.82) is 0 Å². The first kappa shape index (κ1) is 21.0. The van der Waals surface area contributed by atoms with E-state index in [-0.39, 0.29) is 29.6 Å². The van der Waals surface area contributed by atoms with Crippen LogP contribution in [0.3, 0.4) is 0 Å². The molecule has 0 aromatic heterocycles. The summed E-state index contributed by atoms with van der Waals surface area (Å²) in [4.78, 5) is 17.4. The number of alkyl halides is 2. The van der Waals surface area contributed by atoms with Crippen LogP contribution in [0.1, 0.15) is 49.0 Å². The molecular formula is C23H23F3N2OS. The molecule has 1 aliphatic carbocycles. The number of carbonyl (C=O) groups excluding carboxylic acids is 1. The topological polar surface area (TPSA) is 41.5 Å². The van der Waals surface area contributed by atoms with Crippen molar-refractivity contribution in [3.63, 3.8) is 0 Å². The SMILES string of the molecule is CC[C@H]1SC(NC(=O)c2ccccc2)=N[C@](C)(c2ccccc2F)C12CC(F)(F)C2. The van der Waals surface area contributed by atoms with Crippen LogP contribution in [-0.4, -0.2) is 22.2 Å². The minimum Gasteiger partial charge on any atom is -0.301 e. The van der Waals surface area contributed by atoms with E-state index in [0.29, 0.717) is 17.2 Å². The van der Waals surface area contributed by atoms with Gasteiger partial charge in [-0.1, -0.05) is 55.1 Å². The van der Waals surface area contributed by atoms with Crippen LogP contribution in [0.5, 0.6) is 0 Å². The van der Waals surface area contributed by atoms with E-state index < -0.39 is 22.7 Å². The average Bonchev–Trinajstić information content (AvgIpc) is 2.70. The number of halogens is 3. The number of rotatable bonds is 3. The summed E-state index contributed by atoms with van der Waals surface area (Å²) >= 11 is 1.30. The molecule has 0 radical (unpaired) electrons. The Bertz CT molecular complexity index is 987. The van der Waals surface area contributed by atoms with Gasteiger partial charge in [-0.15, -0.1) is 0 Å². The van der Waals surface area contributed by atoms with Crippen molar-refractivity contribution in [2.45, 2.75) is 49.8 Å². The Morgan fingerprint density at radius 2 is 1.77 bits per heavy atom. The van der Waals surface area contributed by atoms with Gasteiger partial charge in [0.15, 0.2) is 5.17 Å². The van der Waals surface area contributed by atoms with Gasteiger partial charge in [-0.2, -0.15) is 0 Å². The van der Waals surface area contributed by atoms with E-state index in [0.717, 1.165) is 0 Å². The Kier molecular flexibility index (Phi) is 5.21. The molecule has 2 aromatic carbocycles. The molecule has 1 fully saturated rings. The molecule has 2 aromatic rings. The number of benzene rings is 2. The Labute approximate surface area is 178 Å². The lowest BCUT2D eigenvalue weighted by molar-refractivity contribution is -0.189. The Balaban J connectivity index is 1.78. The molecule has 1 aliphatic heterocycles. The molecule has 1 spiro atoms. The second kappa shape index (κ2) is 7.45. The van der Waals surface area contributed by atoms with E-state index >= 15 is 0 Å². The highest BCUT2D eigenvalue weighted by atomic mass is 32.2. The zero-order valence-electron chi connectivity index (χ0n) is 16.8. The molecule has 4 rings (SSSR count). The molecule has 158 valence electrons. The largest absolute Gasteiger partial charge is 0.301 e. The van der Waals surface area contributed by atoms with E-state index in [4.69, 9.17) is 4.99 Å². The quantitative estimate of drug-likeness (QED) is 0.669. The molecule has 0 unspecified atom stereocenters. The molecule has 2 atom stereocenters. The predicted octanol–water partition coefficient (Wildman–Crippen LogP) is 5.77. The highest BCUT2D eigenvalue weighted by molar-refractivity contribution is 8.14. The van der Waals surface area contributed by atoms with E-state index in [1.165, 1.54) is 17.8 Å². The number of amidine groups is 1. The summed E-state index contributed by atoms with van der Waals surface area (Å²) in [5.74, 6) is -3.60. The van der Waals surface area contributed by atoms with Gasteiger partial charge in [-0.3, -0.25) is 9.79 Å². The van der Waals surface area contributed by atoms with E-state index in [9.17, 15) is 18.0 Å². The van der Waals surface area contributed by atoms with Crippen LogP contribution in [-0.2, 0) is 5.54 Å². The van der Waals surface area contributed by atoms with Gasteiger partial charge in [0.2, 0.25) is 5.92 Å². The molecule has 3 nitrogen and oxygen atoms in total. The normalized spacial score (nSPS) is 26.6. The molecule has 1 heterocycles. The molecule has 0 bridgehead atoms. The second-order valence-electron chi connectivity index (χ2n) is 8.17. The number of nitrogens with zero attached hydrogens (tertiary/aromatic N) is 1. The third-order valence-electron chi connectivity index (χ3n) is 6.34. The van der Waals surface area contributed by atoms with Gasteiger partial charge in [-0.05, 0) is 31.5 Å². The van der Waals surface area contributed by atoms with E-state index in [1.54, 1.807) is 49.4 Å². The fourth-order valence-corrected chi connectivity index (χ4v) is 6.26. The van der Waals surface area contributed by atoms with Crippen LogP contribution >= 0.6 is 11.8 Å². The molecule has 2 aliphatic rings. The zero-order chi connectivity index (χ0) is 21.6. The highest BCUT2D eigenvalue weighted by Crippen LogP contribution is 2.68. The lowest BCUT2D eigenvalue weighted by Crippen LogP contribution is -2.64. The molecular weight excluding hydrogens is 409 g/mol. The minimum atomic E-state index is -2.79. The van der Waals surface area contributed by atoms with Gasteiger partial charge in [0.05, 0.1) is 5.54 Å². The fraction of sp³-hybridized carbons (Fsp3) is 0.391. The number of thioether (sulfide) groups is 1. The maximum Gasteiger partial charge on any atom is 0.257 e. The summed E-state index contributed by atoms with van der Waals surface area (Å²) in [7, 11) is 0. The van der Waals surface area contributed by atoms with Gasteiger partial charge >= 0.3 is 0 Å². The molecule has 0 saturated heterocycles. The summed E-state index contributed by atoms with van der Waals surface area (Å²) in [6, 6.07) is 14.9. The number of aliphatic imine (C=N–C) groups is 1. The molecule has 1 N–H and O–H groups in total. The third kappa shape index (κ3) is 3.33. The van der Waals surface area contributed by atoms with Crippen molar-refractivity contribution in [1.82, 2.24) is 5.32 Å². The lowest BCUT2D eigenvalue weighted by atomic mass is 9.52. The van der Waals surface area contributed by atoms with Gasteiger partial charge in [0, 0.05) is 34.6 Å². The zero-order valence-corrected chi connectivity index (χ0v) is 17.6. The Morgan fingerprint density at radius 1 is 1.13 bits per heavy atom. The Hall–Kier alpha value is -2.28. The number of nitrogens with one attached hydrogen (secondary N) is 1. The van der Waals surface area contributed by atoms with Crippen molar-refractivity contribution in [3.05, 3.63) is 71.5 Å². The summed E-state index contributed by atoms with van der Waals surface area (Å²) in [5, 5.41) is 2.92. The predicted molar refractivity (Wildman–Crippen MR) is 113 cm³/mol. The van der Waals surface area contributed by atoms with Crippen LogP contribution in [0.2, 0.25) is 0 Å². The molecule has 30 heavy (non-hydrogen) atoms. The van der Waals surface area contributed by atoms with E-state index in [1.807, 2.05) is 13.0 Å². The van der Waals surface area contributed by atoms with Crippen LogP contribution in [0, 0.1) is 11.2 Å². The fourth-order valence-electron chi connectivity index (χ4n) is 4.82. The van der Waals surface area contributed by atoms with Crippen molar-refractivity contribution in [3.8, 4) is 0 Å². The highest BCUT2D eigenvalue weighted by Gasteiger charge is 2.69. The van der Waals surface area contributed by atoms with Crippen molar-refractivity contribution in [2.75, 3.05) is 0 Å².